The molecule has 0 bridgehead atoms. The van der Waals surface area contributed by atoms with Crippen LogP contribution < -0.4 is 0 Å². The van der Waals surface area contributed by atoms with Gasteiger partial charge in [-0.25, -0.2) is 0 Å². The Labute approximate surface area is 505 Å². The number of allylic oxidation sites excluding steroid dienone is 6. The molecule has 0 N–H and O–H groups in total. The molecule has 0 saturated heterocycles. The van der Waals surface area contributed by atoms with E-state index in [1.54, 1.807) is 18.0 Å². The summed E-state index contributed by atoms with van der Waals surface area (Å²) in [6.45, 7) is 12.1. The van der Waals surface area contributed by atoms with E-state index in [1.807, 2.05) is 166 Å². The fourth-order valence-electron chi connectivity index (χ4n) is 2.50. The summed E-state index contributed by atoms with van der Waals surface area (Å²) in [7, 11) is 67.2. The van der Waals surface area contributed by atoms with Crippen molar-refractivity contribution >= 4 is 155 Å². The summed E-state index contributed by atoms with van der Waals surface area (Å²) < 4.78 is 11.5. The van der Waals surface area contributed by atoms with Gasteiger partial charge in [0.15, 0.2) is 0 Å². The van der Waals surface area contributed by atoms with Gasteiger partial charge >= 0.3 is 432 Å². The Kier molecular flexibility index (Phi) is 122. The van der Waals surface area contributed by atoms with Crippen molar-refractivity contribution < 1.29 is 81.1 Å². The Hall–Kier alpha value is 3.60. The van der Waals surface area contributed by atoms with Gasteiger partial charge in [-0.1, -0.05) is 0 Å². The predicted octanol–water partition coefficient (Wildman–Crippen LogP) is 22.0. The van der Waals surface area contributed by atoms with Crippen LogP contribution >= 0.6 is 128 Å². The molecule has 0 aliphatic carbocycles. The molecule has 68 heavy (non-hydrogen) atoms. The summed E-state index contributed by atoms with van der Waals surface area (Å²) in [5, 5.41) is 0. The van der Waals surface area contributed by atoms with Crippen molar-refractivity contribution in [3.63, 3.8) is 0 Å². The zero-order chi connectivity index (χ0) is 44.0. The van der Waals surface area contributed by atoms with Gasteiger partial charge in [-0.2, -0.15) is 0 Å². The first-order valence-corrected chi connectivity index (χ1v) is 49.0. The van der Waals surface area contributed by atoms with E-state index in [4.69, 9.17) is 116 Å². The molecule has 0 fully saturated rings. The number of halogens is 12. The van der Waals surface area contributed by atoms with Crippen molar-refractivity contribution in [2.24, 2.45) is 0 Å². The Morgan fingerprint density at radius 2 is 0.794 bits per heavy atom. The molecular formula is C48H78Cl12NRu6S-11. The third kappa shape index (κ3) is 98.7. The van der Waals surface area contributed by atoms with Crippen LogP contribution in [-0.2, 0) is 87.5 Å². The number of pyridine rings is 1. The summed E-state index contributed by atoms with van der Waals surface area (Å²) in [5.74, 6) is 0. The van der Waals surface area contributed by atoms with E-state index in [-0.39, 0.29) is 81.7 Å². The van der Waals surface area contributed by atoms with Crippen LogP contribution in [0.25, 0.3) is 0 Å². The standard InChI is InChI=1S/C8H9N.C7H6S.C7H6.3C5H8.11CH3.12ClH.6Ru/c1-2-5-8-6-3-4-7-9-8;1-8-7-5-3-2-4-6-7;1-7-5-3-2-4-6-7;3*1-4-5(2)3;;;;;;;;;;;;;;;;;;;;;;;;;;;;;/h1,3-4,6-7H,2,5H2;1-6H;1-6H;3*1,4H,2-3H3;11*1H3;12*1H;;;;;;/q;;;;;;11*-1;;;;;;;;;;;;;6*+2/p-12. The number of thioether (sulfide) groups is 1. The molecule has 0 aliphatic rings. The first-order valence-electron chi connectivity index (χ1n) is 15.3. The quantitative estimate of drug-likeness (QED) is 0.120. The fourth-order valence-corrected chi connectivity index (χ4v) is 12.6. The van der Waals surface area contributed by atoms with Gasteiger partial charge in [-0.05, 0) is 0 Å². The molecule has 0 atom stereocenters. The number of hydrogen-bond acceptors (Lipinski definition) is 2. The summed E-state index contributed by atoms with van der Waals surface area (Å²) in [6.07, 6.45) is 9.54. The van der Waals surface area contributed by atoms with Gasteiger partial charge in [0.1, 0.15) is 0 Å². The van der Waals surface area contributed by atoms with Crippen molar-refractivity contribution in [3.05, 3.63) is 213 Å². The second-order valence-electron chi connectivity index (χ2n) is 10.3. The fraction of sp³-hybridized carbons (Fsp3) is 0.167. The molecule has 0 amide bonds. The van der Waals surface area contributed by atoms with E-state index < -0.39 is 81.1 Å². The zero-order valence-electron chi connectivity index (χ0n) is 42.2. The van der Waals surface area contributed by atoms with E-state index >= 15 is 0 Å². The summed E-state index contributed by atoms with van der Waals surface area (Å²) in [5.41, 5.74) is 5.93. The van der Waals surface area contributed by atoms with E-state index in [9.17, 15) is 0 Å². The van der Waals surface area contributed by atoms with Crippen molar-refractivity contribution in [2.75, 3.05) is 0 Å². The Bertz CT molecular complexity index is 1630. The number of hydrogen-bond donors (Lipinski definition) is 0. The predicted molar refractivity (Wildman–Crippen MR) is 326 cm³/mol. The third-order valence-electron chi connectivity index (χ3n) is 4.76. The normalized spacial score (nSPS) is 8.91. The molecule has 0 unspecified atom stereocenters. The molecule has 424 valence electrons. The van der Waals surface area contributed by atoms with Gasteiger partial charge in [-0.3, -0.25) is 0 Å². The molecule has 1 aromatic heterocycles. The molecule has 1 heterocycles. The number of benzene rings is 2. The first kappa shape index (κ1) is 108. The van der Waals surface area contributed by atoms with E-state index in [0.717, 1.165) is 24.1 Å². The van der Waals surface area contributed by atoms with Crippen LogP contribution in [0, 0.1) is 81.7 Å². The minimum absolute atomic E-state index is 0. The average molecular weight is 1730 g/mol. The van der Waals surface area contributed by atoms with Gasteiger partial charge < -0.3 is 81.7 Å². The average Bonchev–Trinajstić information content (AvgIpc) is 3.14. The van der Waals surface area contributed by atoms with Crippen LogP contribution in [0.4, 0.5) is 0 Å². The molecule has 2 aromatic carbocycles. The van der Waals surface area contributed by atoms with Gasteiger partial charge in [-0.15, -0.1) is 0 Å². The van der Waals surface area contributed by atoms with Gasteiger partial charge in [0.2, 0.25) is 0 Å². The molecule has 20 heteroatoms. The second kappa shape index (κ2) is 77.1. The summed E-state index contributed by atoms with van der Waals surface area (Å²) in [4.78, 5) is 5.37. The second-order valence-corrected chi connectivity index (χ2v) is 46.7. The molecule has 0 aliphatic heterocycles. The Morgan fingerprint density at radius 3 is 1.06 bits per heavy atom. The molecule has 3 aromatic rings. The number of aryl methyl sites for hydroxylation is 1. The van der Waals surface area contributed by atoms with Crippen LogP contribution in [0.1, 0.15) is 59.2 Å². The first-order chi connectivity index (χ1) is 26.7. The van der Waals surface area contributed by atoms with Crippen molar-refractivity contribution in [2.45, 2.75) is 59.3 Å². The number of aromatic nitrogens is 1. The van der Waals surface area contributed by atoms with Gasteiger partial charge in [0, 0.05) is 0 Å². The maximum atomic E-state index is 5.68. The van der Waals surface area contributed by atoms with Crippen molar-refractivity contribution in [1.82, 2.24) is 4.98 Å². The molecule has 0 spiro atoms. The minimum atomic E-state index is -1.61. The summed E-state index contributed by atoms with van der Waals surface area (Å²) >= 11 is -7.72. The zero-order valence-corrected chi connectivity index (χ0v) is 62.5. The third-order valence-corrected chi connectivity index (χ3v) is 18.8. The molecule has 0 radical (unpaired) electrons. The maximum absolute atomic E-state index is 5.68. The van der Waals surface area contributed by atoms with E-state index in [1.165, 1.54) is 21.6 Å². The van der Waals surface area contributed by atoms with Gasteiger partial charge in [0.05, 0.1) is 0 Å². The molecule has 0 saturated carbocycles. The van der Waals surface area contributed by atoms with Crippen LogP contribution in [-0.4, -0.2) is 32.0 Å². The summed E-state index contributed by atoms with van der Waals surface area (Å²) in [6, 6.07) is 25.8. The number of nitrogens with zero attached hydrogens (tertiary/aromatic N) is 1. The monoisotopic (exact) mass is 1730 g/mol. The Morgan fingerprint density at radius 1 is 0.441 bits per heavy atom. The van der Waals surface area contributed by atoms with Crippen LogP contribution in [0.3, 0.4) is 0 Å². The van der Waals surface area contributed by atoms with Crippen LogP contribution in [0.15, 0.2) is 125 Å². The van der Waals surface area contributed by atoms with Crippen molar-refractivity contribution in [1.29, 1.82) is 0 Å². The van der Waals surface area contributed by atoms with Crippen LogP contribution in [0.2, 0.25) is 0 Å². The number of rotatable bonds is 9. The topological polar surface area (TPSA) is 12.9 Å². The molecule has 1 nitrogen and oxygen atoms in total. The molecule has 3 rings (SSSR count). The van der Waals surface area contributed by atoms with Crippen LogP contribution in [0.5, 0.6) is 0 Å². The van der Waals surface area contributed by atoms with E-state index in [0.29, 0.717) is 0 Å². The molecular weight excluding hydrogens is 1650 g/mol. The van der Waals surface area contributed by atoms with E-state index in [2.05, 4.69) is 4.98 Å². The van der Waals surface area contributed by atoms with Gasteiger partial charge in [0.25, 0.3) is 0 Å². The Balaban J connectivity index is -0.0000000418. The SMILES string of the molecule is CC(C)=C[CH]=[Ru]([Cl])[Cl].CC(C)=C[CH]=[Ru]([Cl])[Cl].CC(C)=C[CH]=[Ru]([Cl])[Cl].[CH3-].[CH3-].[CH3-].[CH3-].[CH3-].[CH3-].[CH3-].[CH3-].[CH3-].[CH3-].[CH3-].[Cl][Ru]([Cl])=[CH]CCc1ccccn1.[Cl][Ru]([Cl])=[CH]Sc1ccccc1.[Cl][Ru]([Cl])=[CH]c1ccccc1. The van der Waals surface area contributed by atoms with Crippen molar-refractivity contribution in [3.8, 4) is 0 Å².